The number of nitrogens with zero attached hydrogens (tertiary/aromatic N) is 3. The van der Waals surface area contributed by atoms with Crippen LogP contribution in [0.5, 0.6) is 0 Å². The third-order valence-electron chi connectivity index (χ3n) is 7.11. The lowest BCUT2D eigenvalue weighted by Crippen LogP contribution is -2.50. The molecule has 1 saturated heterocycles. The molecule has 1 aromatic heterocycles. The van der Waals surface area contributed by atoms with Crippen LogP contribution in [-0.4, -0.2) is 64.2 Å². The van der Waals surface area contributed by atoms with E-state index < -0.39 is 0 Å². The van der Waals surface area contributed by atoms with Crippen molar-refractivity contribution in [1.29, 1.82) is 5.41 Å². The molecule has 0 unspecified atom stereocenters. The first-order chi connectivity index (χ1) is 18.3. The zero-order valence-electron chi connectivity index (χ0n) is 23.2. The normalized spacial score (nSPS) is 15.0. The molecule has 7 heteroatoms. The summed E-state index contributed by atoms with van der Waals surface area (Å²) in [6.45, 7) is 12.0. The molecule has 1 fully saturated rings. The molecule has 0 aliphatic carbocycles. The highest BCUT2D eigenvalue weighted by atomic mass is 32.2. The number of aromatic nitrogens is 1. The minimum Gasteiger partial charge on any atom is -0.339 e. The lowest BCUT2D eigenvalue weighted by atomic mass is 9.90. The number of aryl methyl sites for hydroxylation is 2. The Morgan fingerprint density at radius 1 is 0.947 bits per heavy atom. The number of rotatable bonds is 3. The van der Waals surface area contributed by atoms with Crippen molar-refractivity contribution in [3.63, 3.8) is 0 Å². The van der Waals surface area contributed by atoms with Gasteiger partial charge in [0.2, 0.25) is 5.91 Å². The predicted octanol–water partition coefficient (Wildman–Crippen LogP) is 6.11. The molecule has 6 nitrogen and oxygen atoms in total. The quantitative estimate of drug-likeness (QED) is 0.415. The van der Waals surface area contributed by atoms with Crippen LogP contribution < -0.4 is 0 Å². The zero-order chi connectivity index (χ0) is 27.4. The Morgan fingerprint density at radius 3 is 2.18 bits per heavy atom. The molecule has 0 atom stereocenters. The van der Waals surface area contributed by atoms with Crippen molar-refractivity contribution in [2.45, 2.75) is 53.2 Å². The van der Waals surface area contributed by atoms with E-state index in [1.54, 1.807) is 11.8 Å². The van der Waals surface area contributed by atoms with Gasteiger partial charge >= 0.3 is 0 Å². The van der Waals surface area contributed by atoms with Crippen LogP contribution in [0.2, 0.25) is 0 Å². The van der Waals surface area contributed by atoms with E-state index in [9.17, 15) is 9.59 Å². The Hall–Kier alpha value is -3.19. The van der Waals surface area contributed by atoms with Crippen molar-refractivity contribution in [3.05, 3.63) is 64.2 Å². The molecule has 2 amide bonds. The number of thioether (sulfide) groups is 1. The van der Waals surface area contributed by atoms with Gasteiger partial charge in [0.1, 0.15) is 0 Å². The Labute approximate surface area is 230 Å². The highest BCUT2D eigenvalue weighted by Crippen LogP contribution is 2.38. The van der Waals surface area contributed by atoms with Crippen LogP contribution in [0.15, 0.2) is 36.4 Å². The van der Waals surface area contributed by atoms with Crippen molar-refractivity contribution in [1.82, 2.24) is 14.8 Å². The van der Waals surface area contributed by atoms with Crippen molar-refractivity contribution in [3.8, 4) is 11.3 Å². The summed E-state index contributed by atoms with van der Waals surface area (Å²) in [5, 5.41) is 9.52. The molecule has 0 bridgehead atoms. The number of benzene rings is 2. The van der Waals surface area contributed by atoms with E-state index in [0.717, 1.165) is 51.2 Å². The fourth-order valence-corrected chi connectivity index (χ4v) is 6.26. The standard InChI is InChI=1S/C28H30N4O2S.C3H8/c1-17-4-9-24-26(25(17)18(2)29)22-10-15-35-16-23(22)27(30-24)20-5-7-21(8-6-20)28(34)32-13-11-31(12-14-32)19(3)33;1-3-2/h4-9,29H,10-16H2,1-3H3;3H2,1-2H3. The zero-order valence-corrected chi connectivity index (χ0v) is 24.0. The van der Waals surface area contributed by atoms with Gasteiger partial charge in [-0.15, -0.1) is 0 Å². The summed E-state index contributed by atoms with van der Waals surface area (Å²) < 4.78 is 0. The summed E-state index contributed by atoms with van der Waals surface area (Å²) in [4.78, 5) is 33.3. The van der Waals surface area contributed by atoms with Gasteiger partial charge in [-0.3, -0.25) is 9.59 Å². The van der Waals surface area contributed by atoms with Crippen molar-refractivity contribution < 1.29 is 9.59 Å². The number of piperazine rings is 1. The maximum atomic E-state index is 13.0. The molecule has 0 saturated carbocycles. The average Bonchev–Trinajstić information content (AvgIpc) is 2.92. The summed E-state index contributed by atoms with van der Waals surface area (Å²) in [5.74, 6) is 2.04. The van der Waals surface area contributed by atoms with Gasteiger partial charge in [-0.2, -0.15) is 11.8 Å². The second kappa shape index (κ2) is 12.1. The molecule has 3 aromatic rings. The molecule has 5 rings (SSSR count). The van der Waals surface area contributed by atoms with E-state index in [0.29, 0.717) is 37.5 Å². The van der Waals surface area contributed by atoms with Gasteiger partial charge in [0.25, 0.3) is 5.91 Å². The minimum absolute atomic E-state index is 0.00498. The first-order valence-corrected chi connectivity index (χ1v) is 14.7. The number of carbonyl (C=O) groups is 2. The van der Waals surface area contributed by atoms with Gasteiger partial charge in [-0.25, -0.2) is 4.98 Å². The molecule has 2 aliphatic heterocycles. The summed E-state index contributed by atoms with van der Waals surface area (Å²) in [6.07, 6.45) is 2.22. The van der Waals surface area contributed by atoms with E-state index in [-0.39, 0.29) is 11.8 Å². The Balaban J connectivity index is 0.00000107. The van der Waals surface area contributed by atoms with Crippen molar-refractivity contribution >= 4 is 40.2 Å². The molecular weight excluding hydrogens is 492 g/mol. The molecule has 1 N–H and O–H groups in total. The summed E-state index contributed by atoms with van der Waals surface area (Å²) in [6, 6.07) is 11.9. The number of hydrogen-bond acceptors (Lipinski definition) is 5. The molecular formula is C31H38N4O2S. The van der Waals surface area contributed by atoms with E-state index in [2.05, 4.69) is 32.9 Å². The monoisotopic (exact) mass is 530 g/mol. The average molecular weight is 531 g/mol. The van der Waals surface area contributed by atoms with Crippen LogP contribution >= 0.6 is 11.8 Å². The molecule has 2 aliphatic rings. The fourth-order valence-electron chi connectivity index (χ4n) is 5.26. The highest BCUT2D eigenvalue weighted by Gasteiger charge is 2.25. The van der Waals surface area contributed by atoms with Gasteiger partial charge in [0, 0.05) is 66.6 Å². The van der Waals surface area contributed by atoms with E-state index in [1.807, 2.05) is 47.9 Å². The van der Waals surface area contributed by atoms with Crippen LogP contribution in [0.4, 0.5) is 0 Å². The summed E-state index contributed by atoms with van der Waals surface area (Å²) in [7, 11) is 0. The fraction of sp³-hybridized carbons (Fsp3) is 0.419. The maximum Gasteiger partial charge on any atom is 0.253 e. The van der Waals surface area contributed by atoms with E-state index in [4.69, 9.17) is 10.4 Å². The van der Waals surface area contributed by atoms with Crippen LogP contribution in [0, 0.1) is 12.3 Å². The van der Waals surface area contributed by atoms with Gasteiger partial charge in [-0.1, -0.05) is 38.5 Å². The second-order valence-electron chi connectivity index (χ2n) is 10.1. The molecule has 2 aromatic carbocycles. The second-order valence-corrected chi connectivity index (χ2v) is 11.2. The van der Waals surface area contributed by atoms with Crippen LogP contribution in [0.1, 0.15) is 66.7 Å². The van der Waals surface area contributed by atoms with Gasteiger partial charge in [0.05, 0.1) is 11.2 Å². The molecule has 3 heterocycles. The molecule has 0 radical (unpaired) electrons. The Bertz CT molecular complexity index is 1360. The smallest absolute Gasteiger partial charge is 0.253 e. The number of fused-ring (bicyclic) bond motifs is 3. The highest BCUT2D eigenvalue weighted by molar-refractivity contribution is 7.98. The number of hydrogen-bond donors (Lipinski definition) is 1. The Kier molecular flexibility index (Phi) is 8.87. The number of carbonyl (C=O) groups excluding carboxylic acids is 2. The van der Waals surface area contributed by atoms with E-state index in [1.165, 1.54) is 17.5 Å². The molecule has 200 valence electrons. The van der Waals surface area contributed by atoms with Crippen LogP contribution in [0.3, 0.4) is 0 Å². The minimum atomic E-state index is 0.00498. The topological polar surface area (TPSA) is 77.4 Å². The lowest BCUT2D eigenvalue weighted by Gasteiger charge is -2.34. The largest absolute Gasteiger partial charge is 0.339 e. The van der Waals surface area contributed by atoms with Crippen LogP contribution in [0.25, 0.3) is 22.2 Å². The molecule has 0 spiro atoms. The lowest BCUT2D eigenvalue weighted by molar-refractivity contribution is -0.130. The van der Waals surface area contributed by atoms with Crippen molar-refractivity contribution in [2.75, 3.05) is 31.9 Å². The van der Waals surface area contributed by atoms with E-state index >= 15 is 0 Å². The Morgan fingerprint density at radius 2 is 1.58 bits per heavy atom. The maximum absolute atomic E-state index is 13.0. The predicted molar refractivity (Wildman–Crippen MR) is 158 cm³/mol. The summed E-state index contributed by atoms with van der Waals surface area (Å²) >= 11 is 1.92. The first kappa shape index (κ1) is 27.8. The van der Waals surface area contributed by atoms with Gasteiger partial charge < -0.3 is 15.2 Å². The van der Waals surface area contributed by atoms with Crippen molar-refractivity contribution in [2.24, 2.45) is 0 Å². The molecule has 38 heavy (non-hydrogen) atoms. The van der Waals surface area contributed by atoms with Gasteiger partial charge in [-0.05, 0) is 60.9 Å². The number of pyridine rings is 1. The van der Waals surface area contributed by atoms with Gasteiger partial charge in [0.15, 0.2) is 0 Å². The third-order valence-corrected chi connectivity index (χ3v) is 8.10. The number of nitrogens with one attached hydrogen (secondary N) is 1. The summed E-state index contributed by atoms with van der Waals surface area (Å²) in [5.41, 5.74) is 8.85. The first-order valence-electron chi connectivity index (χ1n) is 13.5. The third kappa shape index (κ3) is 5.63. The van der Waals surface area contributed by atoms with Crippen LogP contribution in [-0.2, 0) is 17.0 Å². The SMILES string of the molecule is CC(=N)c1c(C)ccc2nc(-c3ccc(C(=O)N4CCN(C(C)=O)CC4)cc3)c3c(c12)CCSC3.CCC. The number of amides is 2.